The summed E-state index contributed by atoms with van der Waals surface area (Å²) in [5.41, 5.74) is 1.18. The minimum absolute atomic E-state index is 0.0214. The Hall–Kier alpha value is -0.950. The summed E-state index contributed by atoms with van der Waals surface area (Å²) in [6, 6.07) is 7.62. The molecule has 2 saturated heterocycles. The maximum Gasteiger partial charge on any atom is 0.240 e. The summed E-state index contributed by atoms with van der Waals surface area (Å²) in [5.74, 6) is 0.735. The lowest BCUT2D eigenvalue weighted by atomic mass is 10.1. The van der Waals surface area contributed by atoms with Crippen molar-refractivity contribution in [3.05, 3.63) is 29.8 Å². The molecule has 1 N–H and O–H groups in total. The minimum Gasteiger partial charge on any atom is -0.375 e. The van der Waals surface area contributed by atoms with E-state index in [9.17, 15) is 8.42 Å². The summed E-state index contributed by atoms with van der Waals surface area (Å²) >= 11 is 0. The normalized spacial score (nSPS) is 30.4. The summed E-state index contributed by atoms with van der Waals surface area (Å²) in [6.07, 6.45) is 5.81. The van der Waals surface area contributed by atoms with Crippen molar-refractivity contribution in [1.29, 1.82) is 0 Å². The first kappa shape index (κ1) is 17.5. The molecule has 25 heavy (non-hydrogen) atoms. The molecule has 1 aliphatic carbocycles. The highest BCUT2D eigenvalue weighted by Crippen LogP contribution is 2.38. The van der Waals surface area contributed by atoms with E-state index in [1.54, 1.807) is 12.1 Å². The largest absolute Gasteiger partial charge is 0.375 e. The van der Waals surface area contributed by atoms with Gasteiger partial charge in [-0.1, -0.05) is 25.5 Å². The van der Waals surface area contributed by atoms with Gasteiger partial charge in [-0.15, -0.1) is 0 Å². The number of nitrogens with zero attached hydrogens (tertiary/aromatic N) is 1. The van der Waals surface area contributed by atoms with Gasteiger partial charge < -0.3 is 4.74 Å². The fourth-order valence-corrected chi connectivity index (χ4v) is 5.39. The SMILES string of the molecule is CCCc1ccc(S(=O)(=O)N[C@H]2C[C@H]3CO[C@@H](C4CC4)CN3C2)cc1. The van der Waals surface area contributed by atoms with Crippen LogP contribution in [0.3, 0.4) is 0 Å². The van der Waals surface area contributed by atoms with Crippen LogP contribution in [-0.4, -0.2) is 51.2 Å². The maximum absolute atomic E-state index is 12.7. The zero-order chi connectivity index (χ0) is 17.4. The van der Waals surface area contributed by atoms with Crippen LogP contribution >= 0.6 is 0 Å². The molecule has 2 aliphatic heterocycles. The van der Waals surface area contributed by atoms with Crippen LogP contribution in [0.25, 0.3) is 0 Å². The highest BCUT2D eigenvalue weighted by molar-refractivity contribution is 7.89. The lowest BCUT2D eigenvalue weighted by Gasteiger charge is -2.35. The Kier molecular flexibility index (Phi) is 4.88. The van der Waals surface area contributed by atoms with E-state index in [0.29, 0.717) is 17.0 Å². The second-order valence-corrected chi connectivity index (χ2v) is 9.48. The molecule has 5 nitrogen and oxygen atoms in total. The Morgan fingerprint density at radius 2 is 1.96 bits per heavy atom. The highest BCUT2D eigenvalue weighted by Gasteiger charge is 2.43. The van der Waals surface area contributed by atoms with Crippen LogP contribution in [0.4, 0.5) is 0 Å². The molecule has 0 bridgehead atoms. The lowest BCUT2D eigenvalue weighted by Crippen LogP contribution is -2.47. The number of hydrogen-bond acceptors (Lipinski definition) is 4. The van der Waals surface area contributed by atoms with Crippen LogP contribution in [0.1, 0.15) is 38.2 Å². The van der Waals surface area contributed by atoms with Gasteiger partial charge in [-0.25, -0.2) is 13.1 Å². The van der Waals surface area contributed by atoms with Crippen molar-refractivity contribution in [3.8, 4) is 0 Å². The van der Waals surface area contributed by atoms with Crippen molar-refractivity contribution in [2.45, 2.75) is 62.1 Å². The summed E-state index contributed by atoms with van der Waals surface area (Å²) in [5, 5.41) is 0. The molecule has 0 radical (unpaired) electrons. The van der Waals surface area contributed by atoms with Crippen LogP contribution in [0, 0.1) is 5.92 Å². The number of hydrogen-bond donors (Lipinski definition) is 1. The van der Waals surface area contributed by atoms with Crippen LogP contribution in [0.5, 0.6) is 0 Å². The Balaban J connectivity index is 1.38. The predicted octanol–water partition coefficient (Wildman–Crippen LogP) is 2.17. The van der Waals surface area contributed by atoms with E-state index in [4.69, 9.17) is 4.74 Å². The first-order valence-corrected chi connectivity index (χ1v) is 11.0. The Bertz CT molecular complexity index is 700. The number of morpholine rings is 1. The van der Waals surface area contributed by atoms with Crippen molar-refractivity contribution in [1.82, 2.24) is 9.62 Å². The zero-order valence-electron chi connectivity index (χ0n) is 14.9. The Morgan fingerprint density at radius 1 is 1.20 bits per heavy atom. The van der Waals surface area contributed by atoms with Crippen LogP contribution in [0.2, 0.25) is 0 Å². The third-order valence-electron chi connectivity index (χ3n) is 5.69. The molecule has 2 heterocycles. The van der Waals surface area contributed by atoms with Gasteiger partial charge in [-0.3, -0.25) is 4.90 Å². The number of sulfonamides is 1. The van der Waals surface area contributed by atoms with Crippen molar-refractivity contribution in [2.24, 2.45) is 5.92 Å². The van der Waals surface area contributed by atoms with Gasteiger partial charge in [0.1, 0.15) is 0 Å². The maximum atomic E-state index is 12.7. The second-order valence-electron chi connectivity index (χ2n) is 7.76. The van der Waals surface area contributed by atoms with Gasteiger partial charge >= 0.3 is 0 Å². The molecule has 0 unspecified atom stereocenters. The molecule has 138 valence electrons. The summed E-state index contributed by atoms with van der Waals surface area (Å²) < 4.78 is 34.3. The first-order valence-electron chi connectivity index (χ1n) is 9.52. The molecule has 3 aliphatic rings. The van der Waals surface area contributed by atoms with E-state index in [1.807, 2.05) is 12.1 Å². The van der Waals surface area contributed by atoms with Gasteiger partial charge in [-0.05, 0) is 49.3 Å². The fourth-order valence-electron chi connectivity index (χ4n) is 4.15. The summed E-state index contributed by atoms with van der Waals surface area (Å²) in [6.45, 7) is 4.62. The number of nitrogens with one attached hydrogen (secondary N) is 1. The molecule has 1 saturated carbocycles. The van der Waals surface area contributed by atoms with E-state index < -0.39 is 10.0 Å². The van der Waals surface area contributed by atoms with Gasteiger partial charge in [0.05, 0.1) is 17.6 Å². The summed E-state index contributed by atoms with van der Waals surface area (Å²) in [7, 11) is -3.45. The number of benzene rings is 1. The van der Waals surface area contributed by atoms with E-state index in [-0.39, 0.29) is 6.04 Å². The topological polar surface area (TPSA) is 58.6 Å². The van der Waals surface area contributed by atoms with Crippen molar-refractivity contribution < 1.29 is 13.2 Å². The number of ether oxygens (including phenoxy) is 1. The van der Waals surface area contributed by atoms with Gasteiger partial charge in [-0.2, -0.15) is 0 Å². The lowest BCUT2D eigenvalue weighted by molar-refractivity contribution is -0.0581. The van der Waals surface area contributed by atoms with Crippen molar-refractivity contribution in [3.63, 3.8) is 0 Å². The van der Waals surface area contributed by atoms with Gasteiger partial charge in [0.15, 0.2) is 0 Å². The molecule has 1 aromatic carbocycles. The number of aryl methyl sites for hydroxylation is 1. The Morgan fingerprint density at radius 3 is 2.64 bits per heavy atom. The smallest absolute Gasteiger partial charge is 0.240 e. The van der Waals surface area contributed by atoms with Crippen LogP contribution < -0.4 is 4.72 Å². The molecule has 1 aromatic rings. The minimum atomic E-state index is -3.45. The Labute approximate surface area is 150 Å². The van der Waals surface area contributed by atoms with Gasteiger partial charge in [0.25, 0.3) is 0 Å². The average molecular weight is 365 g/mol. The molecule has 0 amide bonds. The van der Waals surface area contributed by atoms with Crippen molar-refractivity contribution >= 4 is 10.0 Å². The van der Waals surface area contributed by atoms with Crippen molar-refractivity contribution in [2.75, 3.05) is 19.7 Å². The standard InChI is InChI=1S/C19H28N2O3S/c1-2-3-14-4-8-18(9-5-14)25(22,23)20-16-10-17-13-24-19(15-6-7-15)12-21(17)11-16/h4-5,8-9,15-17,19-20H,2-3,6-7,10-13H2,1H3/t16-,17-,19+/m0/s1. The third-order valence-corrected chi connectivity index (χ3v) is 7.22. The number of fused-ring (bicyclic) bond motifs is 1. The molecule has 4 rings (SSSR count). The second kappa shape index (κ2) is 6.99. The predicted molar refractivity (Wildman–Crippen MR) is 97.0 cm³/mol. The third kappa shape index (κ3) is 3.92. The van der Waals surface area contributed by atoms with Crippen LogP contribution in [0.15, 0.2) is 29.2 Å². The van der Waals surface area contributed by atoms with E-state index >= 15 is 0 Å². The van der Waals surface area contributed by atoms with E-state index in [0.717, 1.165) is 44.9 Å². The van der Waals surface area contributed by atoms with E-state index in [1.165, 1.54) is 18.4 Å². The molecule has 3 fully saturated rings. The highest BCUT2D eigenvalue weighted by atomic mass is 32.2. The molecule has 6 heteroatoms. The molecule has 0 spiro atoms. The van der Waals surface area contributed by atoms with Gasteiger partial charge in [0, 0.05) is 25.2 Å². The molecular formula is C19H28N2O3S. The van der Waals surface area contributed by atoms with Gasteiger partial charge in [0.2, 0.25) is 10.0 Å². The molecule has 3 atom stereocenters. The number of rotatable bonds is 6. The fraction of sp³-hybridized carbons (Fsp3) is 0.684. The zero-order valence-corrected chi connectivity index (χ0v) is 15.7. The van der Waals surface area contributed by atoms with E-state index in [2.05, 4.69) is 16.5 Å². The average Bonchev–Trinajstić information content (AvgIpc) is 3.36. The monoisotopic (exact) mass is 364 g/mol. The molecule has 0 aromatic heterocycles. The molecular weight excluding hydrogens is 336 g/mol. The first-order chi connectivity index (χ1) is 12.0. The quantitative estimate of drug-likeness (QED) is 0.840. The summed E-state index contributed by atoms with van der Waals surface area (Å²) in [4.78, 5) is 2.79. The van der Waals surface area contributed by atoms with Crippen LogP contribution in [-0.2, 0) is 21.2 Å².